The van der Waals surface area contributed by atoms with Gasteiger partial charge in [-0.3, -0.25) is 4.79 Å². The number of nitrogens with zero attached hydrogens (tertiary/aromatic N) is 1. The lowest BCUT2D eigenvalue weighted by Crippen LogP contribution is -2.35. The van der Waals surface area contributed by atoms with Crippen LogP contribution in [0.5, 0.6) is 0 Å². The van der Waals surface area contributed by atoms with Crippen molar-refractivity contribution in [1.82, 2.24) is 9.88 Å². The first-order chi connectivity index (χ1) is 8.97. The molecule has 106 valence electrons. The molecule has 0 saturated carbocycles. The molecule has 1 aliphatic rings. The summed E-state index contributed by atoms with van der Waals surface area (Å²) in [7, 11) is 0. The first-order valence-corrected chi connectivity index (χ1v) is 6.48. The number of alkyl halides is 3. The van der Waals surface area contributed by atoms with Gasteiger partial charge >= 0.3 is 6.18 Å². The van der Waals surface area contributed by atoms with Crippen molar-refractivity contribution < 1.29 is 13.2 Å². The average Bonchev–Trinajstić information content (AvgIpc) is 2.37. The second-order valence-corrected chi connectivity index (χ2v) is 4.88. The van der Waals surface area contributed by atoms with Gasteiger partial charge in [-0.1, -0.05) is 6.42 Å². The minimum absolute atomic E-state index is 0.301. The minimum atomic E-state index is -4.40. The SMILES string of the molecule is O=c1ccc(C(F)(F)F)cn1CCC1CCCCN1. The predicted octanol–water partition coefficient (Wildman–Crippen LogP) is 2.40. The molecule has 3 nitrogen and oxygen atoms in total. The van der Waals surface area contributed by atoms with Crippen LogP contribution < -0.4 is 10.9 Å². The number of halogens is 3. The van der Waals surface area contributed by atoms with Gasteiger partial charge in [0.1, 0.15) is 0 Å². The first kappa shape index (κ1) is 14.1. The number of pyridine rings is 1. The van der Waals surface area contributed by atoms with Crippen LogP contribution in [0.3, 0.4) is 0 Å². The van der Waals surface area contributed by atoms with Crippen LogP contribution in [0.1, 0.15) is 31.2 Å². The molecule has 1 saturated heterocycles. The van der Waals surface area contributed by atoms with Crippen LogP contribution in [-0.2, 0) is 12.7 Å². The molecule has 1 atom stereocenters. The van der Waals surface area contributed by atoms with E-state index in [9.17, 15) is 18.0 Å². The highest BCUT2D eigenvalue weighted by molar-refractivity contribution is 5.13. The first-order valence-electron chi connectivity index (χ1n) is 6.48. The van der Waals surface area contributed by atoms with E-state index in [1.54, 1.807) is 0 Å². The van der Waals surface area contributed by atoms with Gasteiger partial charge in [0.15, 0.2) is 0 Å². The lowest BCUT2D eigenvalue weighted by molar-refractivity contribution is -0.138. The van der Waals surface area contributed by atoms with Crippen LogP contribution in [0.4, 0.5) is 13.2 Å². The van der Waals surface area contributed by atoms with E-state index in [1.165, 1.54) is 0 Å². The Hall–Kier alpha value is -1.30. The summed E-state index contributed by atoms with van der Waals surface area (Å²) in [6.07, 6.45) is 0.480. The Morgan fingerprint density at radius 1 is 1.32 bits per heavy atom. The number of piperidine rings is 1. The smallest absolute Gasteiger partial charge is 0.315 e. The van der Waals surface area contributed by atoms with Gasteiger partial charge in [-0.15, -0.1) is 0 Å². The van der Waals surface area contributed by atoms with Gasteiger partial charge in [-0.25, -0.2) is 0 Å². The summed E-state index contributed by atoms with van der Waals surface area (Å²) in [5.74, 6) is 0. The molecule has 0 radical (unpaired) electrons. The van der Waals surface area contributed by atoms with E-state index in [1.807, 2.05) is 0 Å². The summed E-state index contributed by atoms with van der Waals surface area (Å²) in [5, 5.41) is 3.32. The normalized spacial score (nSPS) is 20.5. The highest BCUT2D eigenvalue weighted by Crippen LogP contribution is 2.28. The molecule has 1 aromatic rings. The topological polar surface area (TPSA) is 34.0 Å². The third-order valence-electron chi connectivity index (χ3n) is 3.44. The molecular weight excluding hydrogens is 257 g/mol. The van der Waals surface area contributed by atoms with Crippen LogP contribution in [0, 0.1) is 0 Å². The molecule has 0 bridgehead atoms. The Morgan fingerprint density at radius 2 is 2.11 bits per heavy atom. The molecule has 2 heterocycles. The summed E-state index contributed by atoms with van der Waals surface area (Å²) in [6.45, 7) is 1.27. The maximum atomic E-state index is 12.6. The molecule has 0 aromatic carbocycles. The molecule has 1 aromatic heterocycles. The maximum absolute atomic E-state index is 12.6. The molecule has 0 amide bonds. The number of hydrogen-bond donors (Lipinski definition) is 1. The zero-order chi connectivity index (χ0) is 13.9. The van der Waals surface area contributed by atoms with Crippen LogP contribution >= 0.6 is 0 Å². The Kier molecular flexibility index (Phi) is 4.29. The van der Waals surface area contributed by atoms with Crippen molar-refractivity contribution in [3.8, 4) is 0 Å². The van der Waals surface area contributed by atoms with Crippen molar-refractivity contribution in [2.75, 3.05) is 6.54 Å². The number of nitrogens with one attached hydrogen (secondary N) is 1. The largest absolute Gasteiger partial charge is 0.417 e. The summed E-state index contributed by atoms with van der Waals surface area (Å²) >= 11 is 0. The van der Waals surface area contributed by atoms with Gasteiger partial charge < -0.3 is 9.88 Å². The second-order valence-electron chi connectivity index (χ2n) is 4.88. The molecule has 1 fully saturated rings. The van der Waals surface area contributed by atoms with E-state index in [0.29, 0.717) is 19.0 Å². The van der Waals surface area contributed by atoms with Gasteiger partial charge in [0.05, 0.1) is 5.56 Å². The van der Waals surface area contributed by atoms with E-state index in [4.69, 9.17) is 0 Å². The second kappa shape index (κ2) is 5.77. The number of aromatic nitrogens is 1. The fourth-order valence-electron chi connectivity index (χ4n) is 2.34. The molecule has 1 aliphatic heterocycles. The van der Waals surface area contributed by atoms with Crippen molar-refractivity contribution in [2.24, 2.45) is 0 Å². The molecular formula is C13H17F3N2O. The van der Waals surface area contributed by atoms with Crippen molar-refractivity contribution in [1.29, 1.82) is 0 Å². The van der Waals surface area contributed by atoms with Crippen LogP contribution in [0.15, 0.2) is 23.1 Å². The molecule has 0 spiro atoms. The van der Waals surface area contributed by atoms with Gasteiger partial charge in [-0.05, 0) is 31.9 Å². The van der Waals surface area contributed by atoms with Crippen molar-refractivity contribution in [2.45, 2.75) is 44.4 Å². The number of hydrogen-bond acceptors (Lipinski definition) is 2. The van der Waals surface area contributed by atoms with Gasteiger partial charge in [-0.2, -0.15) is 13.2 Å². The summed E-state index contributed by atoms with van der Waals surface area (Å²) < 4.78 is 38.9. The van der Waals surface area contributed by atoms with Gasteiger partial charge in [0.25, 0.3) is 5.56 Å². The third-order valence-corrected chi connectivity index (χ3v) is 3.44. The summed E-state index contributed by atoms with van der Waals surface area (Å²) in [6, 6.07) is 2.12. The zero-order valence-electron chi connectivity index (χ0n) is 10.5. The van der Waals surface area contributed by atoms with E-state index >= 15 is 0 Å². The summed E-state index contributed by atoms with van der Waals surface area (Å²) in [4.78, 5) is 11.5. The highest BCUT2D eigenvalue weighted by atomic mass is 19.4. The monoisotopic (exact) mass is 274 g/mol. The fourth-order valence-corrected chi connectivity index (χ4v) is 2.34. The average molecular weight is 274 g/mol. The Bertz CT molecular complexity index is 476. The standard InChI is InChI=1S/C13H17F3N2O/c14-13(15,16)10-4-5-12(19)18(9-10)8-6-11-3-1-2-7-17-11/h4-5,9,11,17H,1-3,6-8H2. The molecule has 0 aliphatic carbocycles. The van der Waals surface area contributed by atoms with Crippen molar-refractivity contribution in [3.63, 3.8) is 0 Å². The van der Waals surface area contributed by atoms with E-state index < -0.39 is 11.7 Å². The van der Waals surface area contributed by atoms with Crippen LogP contribution in [0.2, 0.25) is 0 Å². The molecule has 1 unspecified atom stereocenters. The Labute approximate surface area is 109 Å². The lowest BCUT2D eigenvalue weighted by atomic mass is 10.0. The predicted molar refractivity (Wildman–Crippen MR) is 66.0 cm³/mol. The quantitative estimate of drug-likeness (QED) is 0.918. The van der Waals surface area contributed by atoms with Gasteiger partial charge in [0, 0.05) is 24.8 Å². The third kappa shape index (κ3) is 3.83. The molecule has 2 rings (SSSR count). The fraction of sp³-hybridized carbons (Fsp3) is 0.615. The molecule has 6 heteroatoms. The van der Waals surface area contributed by atoms with Crippen LogP contribution in [-0.4, -0.2) is 17.2 Å². The Morgan fingerprint density at radius 3 is 2.74 bits per heavy atom. The van der Waals surface area contributed by atoms with Gasteiger partial charge in [0.2, 0.25) is 0 Å². The van der Waals surface area contributed by atoms with E-state index in [0.717, 1.165) is 48.7 Å². The molecule has 1 N–H and O–H groups in total. The maximum Gasteiger partial charge on any atom is 0.417 e. The molecule has 19 heavy (non-hydrogen) atoms. The minimum Gasteiger partial charge on any atom is -0.315 e. The van der Waals surface area contributed by atoms with Crippen molar-refractivity contribution in [3.05, 3.63) is 34.2 Å². The zero-order valence-corrected chi connectivity index (χ0v) is 10.5. The van der Waals surface area contributed by atoms with Crippen molar-refractivity contribution >= 4 is 0 Å². The summed E-state index contributed by atoms with van der Waals surface area (Å²) in [5.41, 5.74) is -1.16. The van der Waals surface area contributed by atoms with E-state index in [-0.39, 0.29) is 5.56 Å². The van der Waals surface area contributed by atoms with E-state index in [2.05, 4.69) is 5.32 Å². The van der Waals surface area contributed by atoms with Crippen LogP contribution in [0.25, 0.3) is 0 Å². The highest BCUT2D eigenvalue weighted by Gasteiger charge is 2.31. The lowest BCUT2D eigenvalue weighted by Gasteiger charge is -2.23. The Balaban J connectivity index is 2.04. The number of rotatable bonds is 3. The number of aryl methyl sites for hydroxylation is 1.